The maximum absolute atomic E-state index is 14.1. The molecule has 2 aromatic carbocycles. The lowest BCUT2D eigenvalue weighted by Crippen LogP contribution is -2.40. The smallest absolute Gasteiger partial charge is 0.338 e. The zero-order chi connectivity index (χ0) is 27.8. The number of aromatic nitrogens is 2. The van der Waals surface area contributed by atoms with Gasteiger partial charge in [0.25, 0.3) is 5.56 Å². The van der Waals surface area contributed by atoms with Crippen LogP contribution in [0.4, 0.5) is 5.69 Å². The average molecular weight is 541 g/mol. The van der Waals surface area contributed by atoms with Gasteiger partial charge in [-0.2, -0.15) is 0 Å². The molecule has 3 heterocycles. The Kier molecular flexibility index (Phi) is 7.14. The Morgan fingerprint density at radius 3 is 2.54 bits per heavy atom. The van der Waals surface area contributed by atoms with Crippen molar-refractivity contribution in [3.63, 3.8) is 0 Å². The molecule has 1 atom stereocenters. The van der Waals surface area contributed by atoms with Crippen LogP contribution in [0.1, 0.15) is 36.7 Å². The van der Waals surface area contributed by atoms with Crippen molar-refractivity contribution >= 4 is 40.0 Å². The summed E-state index contributed by atoms with van der Waals surface area (Å²) < 4.78 is 9.81. The highest BCUT2D eigenvalue weighted by Crippen LogP contribution is 2.32. The highest BCUT2D eigenvalue weighted by molar-refractivity contribution is 7.07. The molecule has 0 radical (unpaired) electrons. The molecule has 4 aromatic rings. The van der Waals surface area contributed by atoms with Gasteiger partial charge in [-0.25, -0.2) is 9.79 Å². The van der Waals surface area contributed by atoms with E-state index in [-0.39, 0.29) is 12.2 Å². The van der Waals surface area contributed by atoms with Crippen molar-refractivity contribution in [2.45, 2.75) is 33.4 Å². The highest BCUT2D eigenvalue weighted by atomic mass is 32.1. The van der Waals surface area contributed by atoms with Gasteiger partial charge in [-0.05, 0) is 50.6 Å². The Bertz CT molecular complexity index is 1800. The number of benzene rings is 2. The zero-order valence-electron chi connectivity index (χ0n) is 22.9. The van der Waals surface area contributed by atoms with Crippen LogP contribution in [0.15, 0.2) is 82.2 Å². The second-order valence-corrected chi connectivity index (χ2v) is 10.7. The topological polar surface area (TPSA) is 68.8 Å². The molecule has 0 saturated carbocycles. The Morgan fingerprint density at radius 2 is 1.87 bits per heavy atom. The second kappa shape index (κ2) is 10.5. The van der Waals surface area contributed by atoms with Gasteiger partial charge in [0.2, 0.25) is 0 Å². The highest BCUT2D eigenvalue weighted by Gasteiger charge is 2.33. The predicted octanol–water partition coefficient (Wildman–Crippen LogP) is 4.31. The number of nitrogens with zero attached hydrogens (tertiary/aromatic N) is 4. The summed E-state index contributed by atoms with van der Waals surface area (Å²) in [5.41, 5.74) is 5.74. The molecule has 39 heavy (non-hydrogen) atoms. The quantitative estimate of drug-likeness (QED) is 0.259. The first-order valence-electron chi connectivity index (χ1n) is 12.9. The molecule has 7 nitrogen and oxygen atoms in total. The van der Waals surface area contributed by atoms with Crippen LogP contribution in [0.25, 0.3) is 17.0 Å². The zero-order valence-corrected chi connectivity index (χ0v) is 23.7. The van der Waals surface area contributed by atoms with Gasteiger partial charge in [0.15, 0.2) is 4.80 Å². The number of fused-ring (bicyclic) bond motifs is 2. The van der Waals surface area contributed by atoms with Gasteiger partial charge in [0.1, 0.15) is 0 Å². The van der Waals surface area contributed by atoms with Crippen LogP contribution in [0, 0.1) is 6.92 Å². The Morgan fingerprint density at radius 1 is 1.15 bits per heavy atom. The summed E-state index contributed by atoms with van der Waals surface area (Å²) in [6, 6.07) is 15.4. The van der Waals surface area contributed by atoms with E-state index in [4.69, 9.17) is 9.73 Å². The summed E-state index contributed by atoms with van der Waals surface area (Å²) in [6.45, 7) is 10.5. The monoisotopic (exact) mass is 540 g/mol. The van der Waals surface area contributed by atoms with Crippen molar-refractivity contribution in [1.29, 1.82) is 0 Å². The number of carbonyl (C=O) groups excluding carboxylic acids is 1. The number of anilines is 1. The standard InChI is InChI=1S/C31H32N4O3S/c1-7-17-34-20(4)24(23-11-9-10-12-25(23)34)18-26-29(36)35-28(21-13-15-22(16-14-21)33(5)6)27(30(37)38-8-2)19(3)32-31(35)39-26/h7,9-16,18,28H,1,8,17H2,2-6H3/b26-18+. The van der Waals surface area contributed by atoms with E-state index in [1.165, 1.54) is 11.3 Å². The van der Waals surface area contributed by atoms with Gasteiger partial charge in [-0.15, -0.1) is 6.58 Å². The van der Waals surface area contributed by atoms with E-state index < -0.39 is 12.0 Å². The summed E-state index contributed by atoms with van der Waals surface area (Å²) in [4.78, 5) is 34.5. The van der Waals surface area contributed by atoms with Crippen LogP contribution in [0.3, 0.4) is 0 Å². The van der Waals surface area contributed by atoms with Crippen molar-refractivity contribution in [2.24, 2.45) is 4.99 Å². The minimum Gasteiger partial charge on any atom is -0.463 e. The minimum atomic E-state index is -0.637. The lowest BCUT2D eigenvalue weighted by molar-refractivity contribution is -0.139. The Labute approximate surface area is 231 Å². The number of hydrogen-bond acceptors (Lipinski definition) is 6. The molecule has 0 fully saturated rings. The SMILES string of the molecule is C=CCn1c(C)c(/C=c2/sc3n(c2=O)C(c2ccc(N(C)C)cc2)C(C(=O)OCC)=C(C)N=3)c2ccccc21. The van der Waals surface area contributed by atoms with Crippen molar-refractivity contribution in [2.75, 3.05) is 25.6 Å². The molecular weight excluding hydrogens is 508 g/mol. The number of para-hydroxylation sites is 1. The molecule has 0 bridgehead atoms. The molecule has 1 aliphatic heterocycles. The fourth-order valence-corrected chi connectivity index (χ4v) is 6.23. The summed E-state index contributed by atoms with van der Waals surface area (Å²) in [5.74, 6) is -0.460. The van der Waals surface area contributed by atoms with Crippen molar-refractivity contribution in [3.8, 4) is 0 Å². The van der Waals surface area contributed by atoms with Gasteiger partial charge in [0.05, 0.1) is 28.5 Å². The Hall–Kier alpha value is -4.17. The normalized spacial score (nSPS) is 15.3. The van der Waals surface area contributed by atoms with E-state index in [0.29, 0.717) is 27.1 Å². The maximum Gasteiger partial charge on any atom is 0.338 e. The first-order chi connectivity index (χ1) is 18.8. The van der Waals surface area contributed by atoms with Gasteiger partial charge in [0, 0.05) is 48.5 Å². The molecule has 200 valence electrons. The first kappa shape index (κ1) is 26.4. The molecule has 2 aromatic heterocycles. The van der Waals surface area contributed by atoms with Crippen molar-refractivity contribution in [3.05, 3.63) is 109 Å². The molecule has 8 heteroatoms. The lowest BCUT2D eigenvalue weighted by atomic mass is 9.95. The fraction of sp³-hybridized carbons (Fsp3) is 0.258. The van der Waals surface area contributed by atoms with Crippen molar-refractivity contribution < 1.29 is 9.53 Å². The number of carbonyl (C=O) groups is 1. The molecule has 0 N–H and O–H groups in total. The van der Waals surface area contributed by atoms with Crippen LogP contribution in [0.2, 0.25) is 0 Å². The largest absolute Gasteiger partial charge is 0.463 e. The fourth-order valence-electron chi connectivity index (χ4n) is 5.20. The number of allylic oxidation sites excluding steroid dienone is 2. The number of thiazole rings is 1. The maximum atomic E-state index is 14.1. The van der Waals surface area contributed by atoms with Gasteiger partial charge < -0.3 is 14.2 Å². The molecule has 0 amide bonds. The van der Waals surface area contributed by atoms with Crippen LogP contribution in [-0.2, 0) is 16.1 Å². The van der Waals surface area contributed by atoms with E-state index >= 15 is 0 Å². The first-order valence-corrected chi connectivity index (χ1v) is 13.7. The van der Waals surface area contributed by atoms with E-state index in [0.717, 1.165) is 33.4 Å². The Balaban J connectivity index is 1.75. The van der Waals surface area contributed by atoms with E-state index in [9.17, 15) is 9.59 Å². The molecule has 1 aliphatic rings. The van der Waals surface area contributed by atoms with E-state index in [1.807, 2.05) is 67.5 Å². The third-order valence-corrected chi connectivity index (χ3v) is 8.09. The number of esters is 1. The third kappa shape index (κ3) is 4.55. The predicted molar refractivity (Wildman–Crippen MR) is 158 cm³/mol. The summed E-state index contributed by atoms with van der Waals surface area (Å²) >= 11 is 1.34. The molecule has 5 rings (SSSR count). The average Bonchev–Trinajstić information content (AvgIpc) is 3.37. The van der Waals surface area contributed by atoms with Crippen LogP contribution in [0.5, 0.6) is 0 Å². The van der Waals surface area contributed by atoms with Gasteiger partial charge in [-0.1, -0.05) is 47.7 Å². The number of rotatable bonds is 7. The number of hydrogen-bond donors (Lipinski definition) is 0. The van der Waals surface area contributed by atoms with E-state index in [1.54, 1.807) is 18.4 Å². The number of ether oxygens (including phenoxy) is 1. The van der Waals surface area contributed by atoms with Gasteiger partial charge in [-0.3, -0.25) is 9.36 Å². The molecular formula is C31H32N4O3S. The third-order valence-electron chi connectivity index (χ3n) is 7.11. The summed E-state index contributed by atoms with van der Waals surface area (Å²) in [5, 5.41) is 1.07. The summed E-state index contributed by atoms with van der Waals surface area (Å²) in [6.07, 6.45) is 3.83. The minimum absolute atomic E-state index is 0.185. The van der Waals surface area contributed by atoms with Crippen LogP contribution < -0.4 is 19.8 Å². The molecule has 0 spiro atoms. The second-order valence-electron chi connectivity index (χ2n) is 9.70. The van der Waals surface area contributed by atoms with Crippen LogP contribution in [-0.4, -0.2) is 35.8 Å². The molecule has 0 saturated heterocycles. The van der Waals surface area contributed by atoms with Crippen LogP contribution >= 0.6 is 11.3 Å². The van der Waals surface area contributed by atoms with Crippen molar-refractivity contribution in [1.82, 2.24) is 9.13 Å². The van der Waals surface area contributed by atoms with Gasteiger partial charge >= 0.3 is 5.97 Å². The van der Waals surface area contributed by atoms with E-state index in [2.05, 4.69) is 30.2 Å². The molecule has 0 aliphatic carbocycles. The summed E-state index contributed by atoms with van der Waals surface area (Å²) in [7, 11) is 3.94. The molecule has 1 unspecified atom stereocenters. The lowest BCUT2D eigenvalue weighted by Gasteiger charge is -2.25.